The zero-order chi connectivity index (χ0) is 14.0. The van der Waals surface area contributed by atoms with Crippen molar-refractivity contribution in [3.8, 4) is 0 Å². The average Bonchev–Trinajstić information content (AvgIpc) is 2.29. The summed E-state index contributed by atoms with van der Waals surface area (Å²) in [6.07, 6.45) is 0. The van der Waals surface area contributed by atoms with Gasteiger partial charge >= 0.3 is 0 Å². The molecular formula is C9H13ClN2O4S2. The smallest absolute Gasteiger partial charge is 0.246 e. The molecule has 0 radical (unpaired) electrons. The predicted octanol–water partition coefficient (Wildman–Crippen LogP) is 0.875. The van der Waals surface area contributed by atoms with E-state index in [9.17, 15) is 16.8 Å². The van der Waals surface area contributed by atoms with E-state index in [4.69, 9.17) is 11.6 Å². The SMILES string of the molecule is CN(C)S(=O)(=O)c1ccc(NS(=O)(=O)CCl)cc1. The van der Waals surface area contributed by atoms with Crippen molar-refractivity contribution in [3.63, 3.8) is 0 Å². The first-order valence-corrected chi connectivity index (χ1v) is 8.41. The Morgan fingerprint density at radius 1 is 1.11 bits per heavy atom. The van der Waals surface area contributed by atoms with Gasteiger partial charge in [-0.25, -0.2) is 21.1 Å². The normalized spacial score (nSPS) is 12.7. The number of rotatable bonds is 5. The van der Waals surface area contributed by atoms with E-state index in [1.807, 2.05) is 0 Å². The Hall–Kier alpha value is -0.830. The zero-order valence-electron chi connectivity index (χ0n) is 9.79. The Morgan fingerprint density at radius 2 is 1.61 bits per heavy atom. The largest absolute Gasteiger partial charge is 0.283 e. The van der Waals surface area contributed by atoms with Crippen LogP contribution in [0.5, 0.6) is 0 Å². The van der Waals surface area contributed by atoms with Gasteiger partial charge in [0.25, 0.3) is 0 Å². The predicted molar refractivity (Wildman–Crippen MR) is 70.6 cm³/mol. The molecule has 0 amide bonds. The fourth-order valence-electron chi connectivity index (χ4n) is 1.11. The van der Waals surface area contributed by atoms with E-state index in [1.165, 1.54) is 38.4 Å². The average molecular weight is 313 g/mol. The highest BCUT2D eigenvalue weighted by atomic mass is 35.5. The lowest BCUT2D eigenvalue weighted by Gasteiger charge is -2.12. The minimum absolute atomic E-state index is 0.0846. The van der Waals surface area contributed by atoms with Crippen LogP contribution in [-0.4, -0.2) is 40.4 Å². The van der Waals surface area contributed by atoms with Gasteiger partial charge in [-0.1, -0.05) is 0 Å². The van der Waals surface area contributed by atoms with Crippen LogP contribution >= 0.6 is 11.6 Å². The fraction of sp³-hybridized carbons (Fsp3) is 0.333. The maximum atomic E-state index is 11.8. The number of hydrogen-bond donors (Lipinski definition) is 1. The van der Waals surface area contributed by atoms with Crippen LogP contribution in [0.25, 0.3) is 0 Å². The van der Waals surface area contributed by atoms with Crippen molar-refractivity contribution in [2.24, 2.45) is 0 Å². The molecule has 0 saturated heterocycles. The third kappa shape index (κ3) is 3.58. The van der Waals surface area contributed by atoms with Crippen molar-refractivity contribution in [3.05, 3.63) is 24.3 Å². The lowest BCUT2D eigenvalue weighted by molar-refractivity contribution is 0.521. The fourth-order valence-corrected chi connectivity index (χ4v) is 2.73. The van der Waals surface area contributed by atoms with Crippen molar-refractivity contribution < 1.29 is 16.8 Å². The summed E-state index contributed by atoms with van der Waals surface area (Å²) in [5.41, 5.74) is 0.258. The Morgan fingerprint density at radius 3 is 2.00 bits per heavy atom. The quantitative estimate of drug-likeness (QED) is 0.818. The summed E-state index contributed by atoms with van der Waals surface area (Å²) in [6.45, 7) is 0. The molecule has 1 aromatic carbocycles. The maximum Gasteiger partial charge on any atom is 0.246 e. The number of halogens is 1. The van der Waals surface area contributed by atoms with E-state index in [1.54, 1.807) is 0 Å². The monoisotopic (exact) mass is 312 g/mol. The second kappa shape index (κ2) is 5.43. The molecule has 0 saturated carbocycles. The number of nitrogens with one attached hydrogen (secondary N) is 1. The minimum Gasteiger partial charge on any atom is -0.283 e. The van der Waals surface area contributed by atoms with Gasteiger partial charge < -0.3 is 0 Å². The van der Waals surface area contributed by atoms with Gasteiger partial charge in [0.15, 0.2) is 0 Å². The molecule has 0 bridgehead atoms. The van der Waals surface area contributed by atoms with E-state index < -0.39 is 25.3 Å². The first-order valence-electron chi connectivity index (χ1n) is 4.78. The summed E-state index contributed by atoms with van der Waals surface area (Å²) >= 11 is 5.24. The molecular weight excluding hydrogens is 300 g/mol. The molecule has 6 nitrogen and oxygen atoms in total. The Balaban J connectivity index is 3.02. The summed E-state index contributed by atoms with van der Waals surface area (Å²) in [4.78, 5) is 0.0846. The Kier molecular flexibility index (Phi) is 4.60. The van der Waals surface area contributed by atoms with E-state index in [0.29, 0.717) is 0 Å². The number of sulfonamides is 2. The highest BCUT2D eigenvalue weighted by molar-refractivity contribution is 7.93. The van der Waals surface area contributed by atoms with Crippen molar-refractivity contribution in [2.45, 2.75) is 4.90 Å². The second-order valence-corrected chi connectivity index (χ2v) is 8.10. The summed E-state index contributed by atoms with van der Waals surface area (Å²) in [5.74, 6) is 0. The summed E-state index contributed by atoms with van der Waals surface area (Å²) in [6, 6.07) is 5.36. The number of anilines is 1. The second-order valence-electron chi connectivity index (χ2n) is 3.64. The van der Waals surface area contributed by atoms with E-state index >= 15 is 0 Å². The molecule has 0 aliphatic heterocycles. The highest BCUT2D eigenvalue weighted by Gasteiger charge is 2.17. The molecule has 0 fully saturated rings. The first kappa shape index (κ1) is 15.2. The van der Waals surface area contributed by atoms with Gasteiger partial charge in [0, 0.05) is 19.8 Å². The zero-order valence-corrected chi connectivity index (χ0v) is 12.2. The summed E-state index contributed by atoms with van der Waals surface area (Å²) in [5, 5.41) is -0.565. The Bertz CT molecular complexity index is 608. The number of nitrogens with zero attached hydrogens (tertiary/aromatic N) is 1. The molecule has 0 heterocycles. The molecule has 18 heavy (non-hydrogen) atoms. The highest BCUT2D eigenvalue weighted by Crippen LogP contribution is 2.17. The van der Waals surface area contributed by atoms with Gasteiger partial charge in [0.2, 0.25) is 20.0 Å². The molecule has 0 aliphatic rings. The number of hydrogen-bond acceptors (Lipinski definition) is 4. The molecule has 0 spiro atoms. The van der Waals surface area contributed by atoms with E-state index in [2.05, 4.69) is 4.72 Å². The minimum atomic E-state index is -3.58. The third-order valence-corrected chi connectivity index (χ3v) is 5.58. The van der Waals surface area contributed by atoms with Gasteiger partial charge in [0.05, 0.1) is 4.90 Å². The van der Waals surface area contributed by atoms with Gasteiger partial charge in [-0.2, -0.15) is 0 Å². The molecule has 0 unspecified atom stereocenters. The molecule has 1 aromatic rings. The molecule has 0 aliphatic carbocycles. The summed E-state index contributed by atoms with van der Waals surface area (Å²) in [7, 11) is -4.26. The number of alkyl halides is 1. The van der Waals surface area contributed by atoms with Crippen molar-refractivity contribution in [2.75, 3.05) is 24.0 Å². The molecule has 1 rings (SSSR count). The molecule has 0 atom stereocenters. The van der Waals surface area contributed by atoms with E-state index in [-0.39, 0.29) is 10.6 Å². The van der Waals surface area contributed by atoms with Gasteiger partial charge in [0.1, 0.15) is 5.21 Å². The lowest BCUT2D eigenvalue weighted by atomic mass is 10.3. The van der Waals surface area contributed by atoms with Crippen LogP contribution in [0.4, 0.5) is 5.69 Å². The van der Waals surface area contributed by atoms with Gasteiger partial charge in [-0.05, 0) is 24.3 Å². The maximum absolute atomic E-state index is 11.8. The third-order valence-electron chi connectivity index (χ3n) is 2.05. The van der Waals surface area contributed by atoms with Crippen molar-refractivity contribution in [1.82, 2.24) is 4.31 Å². The number of benzene rings is 1. The molecule has 102 valence electrons. The molecule has 9 heteroatoms. The van der Waals surface area contributed by atoms with Crippen LogP contribution < -0.4 is 4.72 Å². The van der Waals surface area contributed by atoms with Gasteiger partial charge in [-0.15, -0.1) is 11.6 Å². The Labute approximate surface area is 112 Å². The molecule has 0 aromatic heterocycles. The summed E-state index contributed by atoms with van der Waals surface area (Å²) < 4.78 is 49.2. The van der Waals surface area contributed by atoms with Crippen LogP contribution in [0.3, 0.4) is 0 Å². The standard InChI is InChI=1S/C9H13ClN2O4S2/c1-12(2)18(15,16)9-5-3-8(4-6-9)11-17(13,14)7-10/h3-6,11H,7H2,1-2H3. The van der Waals surface area contributed by atoms with Crippen LogP contribution in [-0.2, 0) is 20.0 Å². The van der Waals surface area contributed by atoms with Crippen LogP contribution in [0.2, 0.25) is 0 Å². The van der Waals surface area contributed by atoms with Crippen LogP contribution in [0, 0.1) is 0 Å². The van der Waals surface area contributed by atoms with Crippen molar-refractivity contribution >= 4 is 37.3 Å². The topological polar surface area (TPSA) is 83.6 Å². The molecule has 1 N–H and O–H groups in total. The van der Waals surface area contributed by atoms with E-state index in [0.717, 1.165) is 4.31 Å². The van der Waals surface area contributed by atoms with Crippen LogP contribution in [0.15, 0.2) is 29.2 Å². The van der Waals surface area contributed by atoms with Gasteiger partial charge in [-0.3, -0.25) is 4.72 Å². The first-order chi connectivity index (χ1) is 8.19. The van der Waals surface area contributed by atoms with Crippen LogP contribution in [0.1, 0.15) is 0 Å². The van der Waals surface area contributed by atoms with Crippen molar-refractivity contribution in [1.29, 1.82) is 0 Å². The lowest BCUT2D eigenvalue weighted by Crippen LogP contribution is -2.22.